The lowest BCUT2D eigenvalue weighted by Crippen LogP contribution is -2.08. The molecule has 6 nitrogen and oxygen atoms in total. The summed E-state index contributed by atoms with van der Waals surface area (Å²) in [7, 11) is 1.30. The van der Waals surface area contributed by atoms with E-state index in [1.165, 1.54) is 18.0 Å². The predicted octanol–water partition coefficient (Wildman–Crippen LogP) is 1.80. The van der Waals surface area contributed by atoms with Crippen LogP contribution in [-0.4, -0.2) is 34.7 Å². The van der Waals surface area contributed by atoms with Crippen LogP contribution in [-0.2, 0) is 11.3 Å². The molecule has 0 aliphatic rings. The molecule has 0 bridgehead atoms. The van der Waals surface area contributed by atoms with E-state index in [0.717, 1.165) is 0 Å². The van der Waals surface area contributed by atoms with E-state index in [0.29, 0.717) is 23.9 Å². The van der Waals surface area contributed by atoms with E-state index in [9.17, 15) is 4.79 Å². The van der Waals surface area contributed by atoms with Crippen LogP contribution in [0.2, 0.25) is 5.02 Å². The van der Waals surface area contributed by atoms with Gasteiger partial charge in [0.2, 0.25) is 0 Å². The summed E-state index contributed by atoms with van der Waals surface area (Å²) in [6, 6.07) is 7.12. The van der Waals surface area contributed by atoms with Gasteiger partial charge >= 0.3 is 5.97 Å². The number of nitrogens with zero attached hydrogens (tertiary/aromatic N) is 3. The van der Waals surface area contributed by atoms with Gasteiger partial charge in [0.25, 0.3) is 0 Å². The molecule has 0 fully saturated rings. The number of methoxy groups -OCH3 is 1. The number of carbonyl (C=O) groups is 1. The molecule has 0 N–H and O–H groups in total. The molecule has 0 radical (unpaired) electrons. The topological polar surface area (TPSA) is 66.2 Å². The smallest absolute Gasteiger partial charge is 0.360 e. The number of aromatic nitrogens is 3. The van der Waals surface area contributed by atoms with E-state index in [1.54, 1.807) is 12.1 Å². The SMILES string of the molecule is COC(=O)c1cn(CCOc2cccc(Cl)c2)nn1. The van der Waals surface area contributed by atoms with E-state index in [1.807, 2.05) is 12.1 Å². The van der Waals surface area contributed by atoms with Crippen LogP contribution in [0.4, 0.5) is 0 Å². The van der Waals surface area contributed by atoms with Crippen molar-refractivity contribution in [1.82, 2.24) is 15.0 Å². The molecular weight excluding hydrogens is 270 g/mol. The summed E-state index contributed by atoms with van der Waals surface area (Å²) >= 11 is 5.84. The summed E-state index contributed by atoms with van der Waals surface area (Å²) in [5.74, 6) is 0.169. The monoisotopic (exact) mass is 281 g/mol. The van der Waals surface area contributed by atoms with Crippen molar-refractivity contribution in [3.63, 3.8) is 0 Å². The first kappa shape index (κ1) is 13.4. The van der Waals surface area contributed by atoms with Crippen LogP contribution in [0.3, 0.4) is 0 Å². The van der Waals surface area contributed by atoms with Gasteiger partial charge in [-0.15, -0.1) is 5.10 Å². The minimum absolute atomic E-state index is 0.172. The molecule has 7 heteroatoms. The zero-order chi connectivity index (χ0) is 13.7. The van der Waals surface area contributed by atoms with E-state index in [2.05, 4.69) is 15.0 Å². The zero-order valence-electron chi connectivity index (χ0n) is 10.2. The highest BCUT2D eigenvalue weighted by Crippen LogP contribution is 2.16. The summed E-state index contributed by atoms with van der Waals surface area (Å²) < 4.78 is 11.5. The normalized spacial score (nSPS) is 10.2. The third-order valence-electron chi connectivity index (χ3n) is 2.32. The maximum absolute atomic E-state index is 11.2. The third-order valence-corrected chi connectivity index (χ3v) is 2.55. The lowest BCUT2D eigenvalue weighted by molar-refractivity contribution is 0.0594. The lowest BCUT2D eigenvalue weighted by Gasteiger charge is -2.05. The standard InChI is InChI=1S/C12H12ClN3O3/c1-18-12(17)11-8-16(15-14-11)5-6-19-10-4-2-3-9(13)7-10/h2-4,7-8H,5-6H2,1H3. The second kappa shape index (κ2) is 6.19. The Bertz CT molecular complexity index is 571. The van der Waals surface area contributed by atoms with Crippen LogP contribution < -0.4 is 4.74 Å². The van der Waals surface area contributed by atoms with Crippen LogP contribution in [0.25, 0.3) is 0 Å². The molecule has 0 saturated heterocycles. The lowest BCUT2D eigenvalue weighted by atomic mass is 10.3. The first-order chi connectivity index (χ1) is 9.19. The molecule has 1 heterocycles. The van der Waals surface area contributed by atoms with Crippen molar-refractivity contribution in [1.29, 1.82) is 0 Å². The summed E-state index contributed by atoms with van der Waals surface area (Å²) in [4.78, 5) is 11.2. The Hall–Kier alpha value is -2.08. The number of esters is 1. The molecule has 0 atom stereocenters. The quantitative estimate of drug-likeness (QED) is 0.782. The van der Waals surface area contributed by atoms with Crippen LogP contribution in [0.15, 0.2) is 30.5 Å². The van der Waals surface area contributed by atoms with Crippen molar-refractivity contribution < 1.29 is 14.3 Å². The molecule has 19 heavy (non-hydrogen) atoms. The van der Waals surface area contributed by atoms with Crippen molar-refractivity contribution in [2.75, 3.05) is 13.7 Å². The summed E-state index contributed by atoms with van der Waals surface area (Å²) in [5.41, 5.74) is 0.172. The molecule has 2 rings (SSSR count). The van der Waals surface area contributed by atoms with Crippen LogP contribution in [0.1, 0.15) is 10.5 Å². The van der Waals surface area contributed by atoms with Crippen molar-refractivity contribution >= 4 is 17.6 Å². The average molecular weight is 282 g/mol. The molecule has 0 amide bonds. The Morgan fingerprint density at radius 3 is 3.05 bits per heavy atom. The third kappa shape index (κ3) is 3.69. The van der Waals surface area contributed by atoms with Gasteiger partial charge in [-0.25, -0.2) is 9.48 Å². The largest absolute Gasteiger partial charge is 0.492 e. The highest BCUT2D eigenvalue weighted by molar-refractivity contribution is 6.30. The highest BCUT2D eigenvalue weighted by Gasteiger charge is 2.10. The van der Waals surface area contributed by atoms with Crippen molar-refractivity contribution in [2.45, 2.75) is 6.54 Å². The van der Waals surface area contributed by atoms with Gasteiger partial charge in [-0.2, -0.15) is 0 Å². The molecule has 0 saturated carbocycles. The fourth-order valence-electron chi connectivity index (χ4n) is 1.42. The molecular formula is C12H12ClN3O3. The molecule has 1 aromatic heterocycles. The average Bonchev–Trinajstić information content (AvgIpc) is 2.87. The van der Waals surface area contributed by atoms with E-state index in [4.69, 9.17) is 16.3 Å². The van der Waals surface area contributed by atoms with Crippen LogP contribution in [0, 0.1) is 0 Å². The second-order valence-corrected chi connectivity index (χ2v) is 4.10. The fraction of sp³-hybridized carbons (Fsp3) is 0.250. The Balaban J connectivity index is 1.86. The van der Waals surface area contributed by atoms with Gasteiger partial charge in [-0.05, 0) is 18.2 Å². The van der Waals surface area contributed by atoms with E-state index in [-0.39, 0.29) is 5.69 Å². The van der Waals surface area contributed by atoms with Gasteiger partial charge in [0.05, 0.1) is 19.9 Å². The van der Waals surface area contributed by atoms with Gasteiger partial charge in [0, 0.05) is 5.02 Å². The number of benzene rings is 1. The minimum Gasteiger partial charge on any atom is -0.492 e. The molecule has 0 unspecified atom stereocenters. The predicted molar refractivity (Wildman–Crippen MR) is 68.3 cm³/mol. The molecule has 100 valence electrons. The number of carbonyl (C=O) groups excluding carboxylic acids is 1. The Morgan fingerprint density at radius 2 is 2.32 bits per heavy atom. The summed E-state index contributed by atoms with van der Waals surface area (Å²) in [6.07, 6.45) is 1.51. The number of ether oxygens (including phenoxy) is 2. The molecule has 0 spiro atoms. The first-order valence-corrected chi connectivity index (χ1v) is 5.93. The van der Waals surface area contributed by atoms with Gasteiger partial charge < -0.3 is 9.47 Å². The maximum atomic E-state index is 11.2. The second-order valence-electron chi connectivity index (χ2n) is 3.66. The van der Waals surface area contributed by atoms with Crippen LogP contribution in [0.5, 0.6) is 5.75 Å². The molecule has 0 aliphatic heterocycles. The zero-order valence-corrected chi connectivity index (χ0v) is 11.0. The van der Waals surface area contributed by atoms with Gasteiger partial charge in [0.1, 0.15) is 12.4 Å². The number of hydrogen-bond donors (Lipinski definition) is 0. The van der Waals surface area contributed by atoms with Crippen molar-refractivity contribution in [3.05, 3.63) is 41.2 Å². The van der Waals surface area contributed by atoms with Gasteiger partial charge in [0.15, 0.2) is 5.69 Å². The highest BCUT2D eigenvalue weighted by atomic mass is 35.5. The number of halogens is 1. The van der Waals surface area contributed by atoms with Crippen molar-refractivity contribution in [3.8, 4) is 5.75 Å². The van der Waals surface area contributed by atoms with Crippen LogP contribution >= 0.6 is 11.6 Å². The maximum Gasteiger partial charge on any atom is 0.360 e. The number of rotatable bonds is 5. The van der Waals surface area contributed by atoms with Gasteiger partial charge in [-0.3, -0.25) is 0 Å². The first-order valence-electron chi connectivity index (χ1n) is 5.56. The Morgan fingerprint density at radius 1 is 1.47 bits per heavy atom. The molecule has 1 aromatic carbocycles. The van der Waals surface area contributed by atoms with Gasteiger partial charge in [-0.1, -0.05) is 22.9 Å². The fourth-order valence-corrected chi connectivity index (χ4v) is 1.60. The Labute approximate surface area is 114 Å². The van der Waals surface area contributed by atoms with Crippen molar-refractivity contribution in [2.24, 2.45) is 0 Å². The minimum atomic E-state index is -0.512. The Kier molecular flexibility index (Phi) is 4.35. The van der Waals surface area contributed by atoms with E-state index >= 15 is 0 Å². The summed E-state index contributed by atoms with van der Waals surface area (Å²) in [6.45, 7) is 0.862. The summed E-state index contributed by atoms with van der Waals surface area (Å²) in [5, 5.41) is 8.10. The molecule has 2 aromatic rings. The molecule has 0 aliphatic carbocycles. The number of hydrogen-bond acceptors (Lipinski definition) is 5. The van der Waals surface area contributed by atoms with E-state index < -0.39 is 5.97 Å².